The first kappa shape index (κ1) is 11.9. The second-order valence-electron chi connectivity index (χ2n) is 4.73. The van der Waals surface area contributed by atoms with Gasteiger partial charge < -0.3 is 14.9 Å². The van der Waals surface area contributed by atoms with Crippen LogP contribution in [0.2, 0.25) is 0 Å². The van der Waals surface area contributed by atoms with Crippen molar-refractivity contribution in [3.05, 3.63) is 0 Å². The number of morpholine rings is 1. The van der Waals surface area contributed by atoms with E-state index in [2.05, 4.69) is 4.90 Å². The van der Waals surface area contributed by atoms with Gasteiger partial charge in [0.1, 0.15) is 0 Å². The van der Waals surface area contributed by atoms with Gasteiger partial charge in [0.05, 0.1) is 24.4 Å². The number of β-amino-alcohol motifs (C(OH)–C–C–N with tert-alkyl or cyclic N) is 1. The number of hydrogen-bond donors (Lipinski definition) is 2. The molecule has 2 N–H and O–H groups in total. The zero-order chi connectivity index (χ0) is 10.8. The summed E-state index contributed by atoms with van der Waals surface area (Å²) in [5.41, 5.74) is -0.236. The van der Waals surface area contributed by atoms with Crippen LogP contribution < -0.4 is 0 Å². The lowest BCUT2D eigenvalue weighted by atomic mass is 10.1. The molecule has 1 aliphatic rings. The summed E-state index contributed by atoms with van der Waals surface area (Å²) in [7, 11) is 0. The van der Waals surface area contributed by atoms with Crippen molar-refractivity contribution in [2.45, 2.75) is 38.6 Å². The fourth-order valence-electron chi connectivity index (χ4n) is 2.02. The molecule has 2 atom stereocenters. The lowest BCUT2D eigenvalue weighted by Crippen LogP contribution is -2.55. The molecule has 4 heteroatoms. The van der Waals surface area contributed by atoms with Gasteiger partial charge in [-0.25, -0.2) is 0 Å². The van der Waals surface area contributed by atoms with Gasteiger partial charge in [-0.05, 0) is 20.8 Å². The molecule has 1 heterocycles. The van der Waals surface area contributed by atoms with E-state index in [1.165, 1.54) is 0 Å². The maximum Gasteiger partial charge on any atom is 0.0940 e. The topological polar surface area (TPSA) is 52.9 Å². The number of aliphatic hydroxyl groups excluding tert-OH is 2. The third-order valence-corrected chi connectivity index (χ3v) is 2.28. The highest BCUT2D eigenvalue weighted by Crippen LogP contribution is 2.20. The van der Waals surface area contributed by atoms with Crippen molar-refractivity contribution >= 4 is 0 Å². The molecule has 0 saturated carbocycles. The van der Waals surface area contributed by atoms with Gasteiger partial charge in [-0.1, -0.05) is 0 Å². The summed E-state index contributed by atoms with van der Waals surface area (Å²) in [5.74, 6) is 0. The molecular weight excluding hydrogens is 182 g/mol. The second kappa shape index (κ2) is 4.57. The van der Waals surface area contributed by atoms with Crippen LogP contribution in [0.5, 0.6) is 0 Å². The first-order valence-corrected chi connectivity index (χ1v) is 5.12. The van der Waals surface area contributed by atoms with E-state index in [-0.39, 0.29) is 24.4 Å². The molecular formula is C10H21NO3. The van der Waals surface area contributed by atoms with E-state index >= 15 is 0 Å². The van der Waals surface area contributed by atoms with Crippen molar-refractivity contribution in [2.24, 2.45) is 0 Å². The van der Waals surface area contributed by atoms with E-state index in [0.717, 1.165) is 6.54 Å². The molecule has 84 valence electrons. The van der Waals surface area contributed by atoms with Gasteiger partial charge in [-0.15, -0.1) is 0 Å². The van der Waals surface area contributed by atoms with Crippen molar-refractivity contribution in [3.63, 3.8) is 0 Å². The monoisotopic (exact) mass is 203 g/mol. The van der Waals surface area contributed by atoms with Crippen molar-refractivity contribution in [1.82, 2.24) is 4.90 Å². The van der Waals surface area contributed by atoms with Crippen LogP contribution in [0.1, 0.15) is 20.8 Å². The predicted molar refractivity (Wildman–Crippen MR) is 54.2 cm³/mol. The van der Waals surface area contributed by atoms with E-state index in [1.807, 2.05) is 13.8 Å². The zero-order valence-electron chi connectivity index (χ0n) is 9.23. The Morgan fingerprint density at radius 3 is 2.71 bits per heavy atom. The lowest BCUT2D eigenvalue weighted by molar-refractivity contribution is -0.152. The smallest absolute Gasteiger partial charge is 0.0940 e. The number of hydrogen-bond acceptors (Lipinski definition) is 4. The van der Waals surface area contributed by atoms with E-state index in [9.17, 15) is 5.11 Å². The number of rotatable bonds is 3. The first-order valence-electron chi connectivity index (χ1n) is 5.12. The molecule has 2 unspecified atom stereocenters. The maximum atomic E-state index is 9.29. The number of ether oxygens (including phenoxy) is 1. The summed E-state index contributed by atoms with van der Waals surface area (Å²) in [4.78, 5) is 2.13. The Bertz CT molecular complexity index is 182. The minimum Gasteiger partial charge on any atom is -0.394 e. The second-order valence-corrected chi connectivity index (χ2v) is 4.73. The standard InChI is InChI=1S/C10H21NO3/c1-8(13)4-11-5-9(6-12)14-10(2,3)7-11/h8-9,12-13H,4-7H2,1-3H3. The average molecular weight is 203 g/mol. The number of aliphatic hydroxyl groups is 2. The Morgan fingerprint density at radius 2 is 2.21 bits per heavy atom. The van der Waals surface area contributed by atoms with Gasteiger partial charge in [0, 0.05) is 19.6 Å². The van der Waals surface area contributed by atoms with Crippen molar-refractivity contribution in [3.8, 4) is 0 Å². The molecule has 0 amide bonds. The van der Waals surface area contributed by atoms with Gasteiger partial charge in [0.25, 0.3) is 0 Å². The highest BCUT2D eigenvalue weighted by molar-refractivity contribution is 4.84. The van der Waals surface area contributed by atoms with Crippen LogP contribution >= 0.6 is 0 Å². The predicted octanol–water partition coefficient (Wildman–Crippen LogP) is -0.161. The Balaban J connectivity index is 2.52. The molecule has 0 aromatic rings. The normalized spacial score (nSPS) is 30.2. The highest BCUT2D eigenvalue weighted by Gasteiger charge is 2.33. The summed E-state index contributed by atoms with van der Waals surface area (Å²) in [6.45, 7) is 7.96. The quantitative estimate of drug-likeness (QED) is 0.669. The minimum atomic E-state index is -0.330. The van der Waals surface area contributed by atoms with Gasteiger partial charge in [0.2, 0.25) is 0 Å². The minimum absolute atomic E-state index is 0.0414. The van der Waals surface area contributed by atoms with Crippen molar-refractivity contribution in [2.75, 3.05) is 26.2 Å². The Hall–Kier alpha value is -0.160. The molecule has 0 spiro atoms. The molecule has 1 fully saturated rings. The molecule has 1 rings (SSSR count). The van der Waals surface area contributed by atoms with Gasteiger partial charge in [-0.2, -0.15) is 0 Å². The molecule has 0 aromatic heterocycles. The molecule has 1 saturated heterocycles. The van der Waals surface area contributed by atoms with E-state index in [4.69, 9.17) is 9.84 Å². The molecule has 1 aliphatic heterocycles. The Kier molecular flexibility index (Phi) is 3.89. The fourth-order valence-corrected chi connectivity index (χ4v) is 2.02. The van der Waals surface area contributed by atoms with E-state index < -0.39 is 0 Å². The summed E-state index contributed by atoms with van der Waals surface area (Å²) < 4.78 is 5.66. The molecule has 14 heavy (non-hydrogen) atoms. The van der Waals surface area contributed by atoms with Crippen LogP contribution in [0.25, 0.3) is 0 Å². The SMILES string of the molecule is CC(O)CN1CC(CO)OC(C)(C)C1. The van der Waals surface area contributed by atoms with Gasteiger partial charge in [-0.3, -0.25) is 4.90 Å². The molecule has 0 bridgehead atoms. The fraction of sp³-hybridized carbons (Fsp3) is 1.00. The van der Waals surface area contributed by atoms with E-state index in [1.54, 1.807) is 6.92 Å². The van der Waals surface area contributed by atoms with Crippen LogP contribution in [0, 0.1) is 0 Å². The zero-order valence-corrected chi connectivity index (χ0v) is 9.23. The van der Waals surface area contributed by atoms with Crippen LogP contribution in [-0.2, 0) is 4.74 Å². The van der Waals surface area contributed by atoms with Crippen LogP contribution in [-0.4, -0.2) is 59.2 Å². The maximum absolute atomic E-state index is 9.29. The number of nitrogens with zero attached hydrogens (tertiary/aromatic N) is 1. The van der Waals surface area contributed by atoms with Crippen molar-refractivity contribution in [1.29, 1.82) is 0 Å². The summed E-state index contributed by atoms with van der Waals surface area (Å²) in [5, 5.41) is 18.3. The summed E-state index contributed by atoms with van der Waals surface area (Å²) in [6.07, 6.45) is -0.458. The van der Waals surface area contributed by atoms with Crippen LogP contribution in [0.15, 0.2) is 0 Å². The first-order chi connectivity index (χ1) is 6.43. The van der Waals surface area contributed by atoms with Crippen LogP contribution in [0.3, 0.4) is 0 Å². The Morgan fingerprint density at radius 1 is 1.57 bits per heavy atom. The lowest BCUT2D eigenvalue weighted by Gasteiger charge is -2.42. The molecule has 4 nitrogen and oxygen atoms in total. The third kappa shape index (κ3) is 3.53. The summed E-state index contributed by atoms with van der Waals surface area (Å²) in [6, 6.07) is 0. The summed E-state index contributed by atoms with van der Waals surface area (Å²) >= 11 is 0. The van der Waals surface area contributed by atoms with Crippen LogP contribution in [0.4, 0.5) is 0 Å². The molecule has 0 aliphatic carbocycles. The van der Waals surface area contributed by atoms with Crippen molar-refractivity contribution < 1.29 is 14.9 Å². The Labute approximate surface area is 85.5 Å². The average Bonchev–Trinajstić information content (AvgIpc) is 1.99. The third-order valence-electron chi connectivity index (χ3n) is 2.28. The largest absolute Gasteiger partial charge is 0.394 e. The molecule has 0 aromatic carbocycles. The highest BCUT2D eigenvalue weighted by atomic mass is 16.5. The van der Waals surface area contributed by atoms with E-state index in [0.29, 0.717) is 13.1 Å². The van der Waals surface area contributed by atoms with Gasteiger partial charge in [0.15, 0.2) is 0 Å². The molecule has 0 radical (unpaired) electrons. The van der Waals surface area contributed by atoms with Gasteiger partial charge >= 0.3 is 0 Å².